The molecule has 3 nitrogen and oxygen atoms in total. The van der Waals surface area contributed by atoms with Crippen LogP contribution in [0, 0.1) is 0 Å². The van der Waals surface area contributed by atoms with Gasteiger partial charge in [0.05, 0.1) is 0 Å². The molecule has 0 unspecified atom stereocenters. The Morgan fingerprint density at radius 1 is 1.15 bits per heavy atom. The minimum Gasteiger partial charge on any atom is -0.389 e. The number of hydrogen-bond acceptors (Lipinski definition) is 3. The molecular formula is C10H23N3. The number of hydrogen-bond donors (Lipinski definition) is 3. The molecule has 0 aromatic heterocycles. The quantitative estimate of drug-likeness (QED) is 0.466. The largest absolute Gasteiger partial charge is 0.389 e. The van der Waals surface area contributed by atoms with Crippen LogP contribution in [0.3, 0.4) is 0 Å². The summed E-state index contributed by atoms with van der Waals surface area (Å²) in [6.07, 6.45) is 3.46. The van der Waals surface area contributed by atoms with Gasteiger partial charge in [-0.3, -0.25) is 0 Å². The molecule has 0 aromatic rings. The highest BCUT2D eigenvalue weighted by molar-refractivity contribution is 4.83. The van der Waals surface area contributed by atoms with Crippen LogP contribution >= 0.6 is 0 Å². The van der Waals surface area contributed by atoms with Crippen molar-refractivity contribution in [2.75, 3.05) is 26.2 Å². The van der Waals surface area contributed by atoms with Crippen LogP contribution in [0.25, 0.3) is 0 Å². The minimum absolute atomic E-state index is 0.804. The summed E-state index contributed by atoms with van der Waals surface area (Å²) < 4.78 is 0. The van der Waals surface area contributed by atoms with Crippen LogP contribution < -0.4 is 16.4 Å². The molecule has 0 saturated heterocycles. The van der Waals surface area contributed by atoms with E-state index in [1.807, 2.05) is 6.92 Å². The van der Waals surface area contributed by atoms with E-state index in [2.05, 4.69) is 17.2 Å². The summed E-state index contributed by atoms with van der Waals surface area (Å²) in [5, 5.41) is 6.56. The molecule has 0 radical (unpaired) electrons. The molecule has 0 bridgehead atoms. The lowest BCUT2D eigenvalue weighted by molar-refractivity contribution is 0.595. The predicted octanol–water partition coefficient (Wildman–Crippen LogP) is 0.828. The van der Waals surface area contributed by atoms with Gasteiger partial charge in [0.1, 0.15) is 0 Å². The number of nitrogens with two attached hydrogens (primary N) is 1. The maximum atomic E-state index is 5.38. The zero-order valence-corrected chi connectivity index (χ0v) is 8.73. The first-order chi connectivity index (χ1) is 6.27. The van der Waals surface area contributed by atoms with Crippen LogP contribution in [0.15, 0.2) is 12.3 Å². The van der Waals surface area contributed by atoms with E-state index in [1.54, 1.807) is 0 Å². The number of unbranched alkanes of at least 4 members (excludes halogenated alkanes) is 1. The Hall–Kier alpha value is -0.540. The Labute approximate surface area is 81.8 Å². The number of rotatable bonds is 9. The Morgan fingerprint density at radius 2 is 1.85 bits per heavy atom. The molecule has 0 rings (SSSR count). The summed E-state index contributed by atoms with van der Waals surface area (Å²) in [5.41, 5.74) is 6.42. The van der Waals surface area contributed by atoms with Gasteiger partial charge in [-0.15, -0.1) is 0 Å². The third-order valence-corrected chi connectivity index (χ3v) is 1.76. The van der Waals surface area contributed by atoms with Crippen LogP contribution in [0.2, 0.25) is 0 Å². The molecule has 0 aliphatic heterocycles. The topological polar surface area (TPSA) is 50.1 Å². The average molecular weight is 185 g/mol. The van der Waals surface area contributed by atoms with E-state index in [9.17, 15) is 0 Å². The van der Waals surface area contributed by atoms with E-state index < -0.39 is 0 Å². The first-order valence-corrected chi connectivity index (χ1v) is 5.07. The van der Waals surface area contributed by atoms with E-state index in [4.69, 9.17) is 5.73 Å². The summed E-state index contributed by atoms with van der Waals surface area (Å²) in [7, 11) is 0. The van der Waals surface area contributed by atoms with Gasteiger partial charge < -0.3 is 16.4 Å². The Kier molecular flexibility index (Phi) is 9.15. The fourth-order valence-electron chi connectivity index (χ4n) is 1.03. The van der Waals surface area contributed by atoms with Gasteiger partial charge in [0.2, 0.25) is 0 Å². The lowest BCUT2D eigenvalue weighted by Gasteiger charge is -2.06. The molecule has 4 N–H and O–H groups in total. The van der Waals surface area contributed by atoms with Crippen molar-refractivity contribution in [1.29, 1.82) is 0 Å². The maximum absolute atomic E-state index is 5.38. The van der Waals surface area contributed by atoms with E-state index in [1.165, 1.54) is 6.42 Å². The first kappa shape index (κ1) is 12.5. The van der Waals surface area contributed by atoms with Gasteiger partial charge >= 0.3 is 0 Å². The smallest absolute Gasteiger partial charge is 0.0155 e. The van der Waals surface area contributed by atoms with Crippen LogP contribution in [0.1, 0.15) is 26.2 Å². The normalized spacial score (nSPS) is 10.0. The second-order valence-electron chi connectivity index (χ2n) is 3.31. The van der Waals surface area contributed by atoms with Gasteiger partial charge in [-0.2, -0.15) is 0 Å². The molecular weight excluding hydrogens is 162 g/mol. The van der Waals surface area contributed by atoms with E-state index >= 15 is 0 Å². The van der Waals surface area contributed by atoms with Crippen molar-refractivity contribution >= 4 is 0 Å². The molecule has 0 amide bonds. The van der Waals surface area contributed by atoms with Gasteiger partial charge in [0.25, 0.3) is 0 Å². The van der Waals surface area contributed by atoms with Crippen molar-refractivity contribution in [3.63, 3.8) is 0 Å². The third kappa shape index (κ3) is 11.5. The zero-order chi connectivity index (χ0) is 9.94. The average Bonchev–Trinajstić information content (AvgIpc) is 2.09. The van der Waals surface area contributed by atoms with Gasteiger partial charge in [0.15, 0.2) is 0 Å². The molecule has 0 atom stereocenters. The van der Waals surface area contributed by atoms with Crippen LogP contribution in [0.5, 0.6) is 0 Å². The summed E-state index contributed by atoms with van der Waals surface area (Å²) in [4.78, 5) is 0. The van der Waals surface area contributed by atoms with Crippen molar-refractivity contribution in [3.8, 4) is 0 Å². The highest BCUT2D eigenvalue weighted by Crippen LogP contribution is 1.83. The van der Waals surface area contributed by atoms with Crippen molar-refractivity contribution in [3.05, 3.63) is 12.3 Å². The van der Waals surface area contributed by atoms with Gasteiger partial charge in [-0.25, -0.2) is 0 Å². The summed E-state index contributed by atoms with van der Waals surface area (Å²) in [6.45, 7) is 9.73. The Bertz CT molecular complexity index is 123. The Morgan fingerprint density at radius 3 is 2.46 bits per heavy atom. The second kappa shape index (κ2) is 9.55. The van der Waals surface area contributed by atoms with Crippen LogP contribution in [-0.2, 0) is 0 Å². The lowest BCUT2D eigenvalue weighted by Crippen LogP contribution is -2.22. The zero-order valence-electron chi connectivity index (χ0n) is 8.73. The first-order valence-electron chi connectivity index (χ1n) is 5.07. The van der Waals surface area contributed by atoms with Crippen molar-refractivity contribution in [2.45, 2.75) is 26.2 Å². The summed E-state index contributed by atoms with van der Waals surface area (Å²) >= 11 is 0. The molecule has 3 heteroatoms. The standard InChI is InChI=1S/C10H23N3/c1-10(2)13-9-5-8-12-7-4-3-6-11/h12-13H,1,3-9,11H2,2H3. The fourth-order valence-corrected chi connectivity index (χ4v) is 1.03. The van der Waals surface area contributed by atoms with E-state index in [-0.39, 0.29) is 0 Å². The fraction of sp³-hybridized carbons (Fsp3) is 0.800. The summed E-state index contributed by atoms with van der Waals surface area (Å²) in [5.74, 6) is 0. The molecule has 0 aliphatic carbocycles. The maximum Gasteiger partial charge on any atom is 0.0155 e. The van der Waals surface area contributed by atoms with Crippen molar-refractivity contribution < 1.29 is 0 Å². The number of allylic oxidation sites excluding steroid dienone is 1. The van der Waals surface area contributed by atoms with Gasteiger partial charge in [0, 0.05) is 12.2 Å². The van der Waals surface area contributed by atoms with E-state index in [0.29, 0.717) is 0 Å². The molecule has 0 heterocycles. The highest BCUT2D eigenvalue weighted by atomic mass is 14.9. The van der Waals surface area contributed by atoms with E-state index in [0.717, 1.165) is 44.7 Å². The second-order valence-corrected chi connectivity index (χ2v) is 3.31. The predicted molar refractivity (Wildman–Crippen MR) is 58.6 cm³/mol. The van der Waals surface area contributed by atoms with Crippen molar-refractivity contribution in [1.82, 2.24) is 10.6 Å². The third-order valence-electron chi connectivity index (χ3n) is 1.76. The molecule has 0 aliphatic rings. The van der Waals surface area contributed by atoms with Crippen molar-refractivity contribution in [2.24, 2.45) is 5.73 Å². The molecule has 0 fully saturated rings. The van der Waals surface area contributed by atoms with Crippen LogP contribution in [-0.4, -0.2) is 26.2 Å². The molecule has 78 valence electrons. The molecule has 0 saturated carbocycles. The number of nitrogens with one attached hydrogen (secondary N) is 2. The van der Waals surface area contributed by atoms with Crippen LogP contribution in [0.4, 0.5) is 0 Å². The molecule has 13 heavy (non-hydrogen) atoms. The minimum atomic E-state index is 0.804. The summed E-state index contributed by atoms with van der Waals surface area (Å²) in [6, 6.07) is 0. The van der Waals surface area contributed by atoms with Gasteiger partial charge in [-0.05, 0) is 45.8 Å². The lowest BCUT2D eigenvalue weighted by atomic mass is 10.3. The molecule has 0 spiro atoms. The monoisotopic (exact) mass is 185 g/mol. The SMILES string of the molecule is C=C(C)NCCCNCCCCN. The highest BCUT2D eigenvalue weighted by Gasteiger charge is 1.88. The Balaban J connectivity index is 2.87. The molecule has 0 aromatic carbocycles. The van der Waals surface area contributed by atoms with Gasteiger partial charge in [-0.1, -0.05) is 6.58 Å².